The number of amides is 2. The molecule has 9 nitrogen and oxygen atoms in total. The number of halogens is 3. The topological polar surface area (TPSA) is 106 Å². The molecule has 6 rings (SSSR count). The van der Waals surface area contributed by atoms with Crippen molar-refractivity contribution in [3.05, 3.63) is 95.7 Å². The van der Waals surface area contributed by atoms with E-state index in [1.54, 1.807) is 65.6 Å². The van der Waals surface area contributed by atoms with Gasteiger partial charge in [0.15, 0.2) is 11.6 Å². The fourth-order valence-electron chi connectivity index (χ4n) is 5.83. The number of anilines is 1. The Balaban J connectivity index is 1.23. The van der Waals surface area contributed by atoms with E-state index in [-0.39, 0.29) is 42.6 Å². The number of fused-ring (bicyclic) bond motifs is 1. The van der Waals surface area contributed by atoms with Gasteiger partial charge < -0.3 is 19.5 Å². The number of ether oxygens (including phenoxy) is 1. The molecule has 240 valence electrons. The van der Waals surface area contributed by atoms with Crippen molar-refractivity contribution in [2.24, 2.45) is 0 Å². The second kappa shape index (κ2) is 13.3. The molecule has 0 radical (unpaired) electrons. The van der Waals surface area contributed by atoms with Gasteiger partial charge in [0.25, 0.3) is 0 Å². The molecule has 5 aromatic rings. The number of ketones is 1. The van der Waals surface area contributed by atoms with Gasteiger partial charge in [0, 0.05) is 63.2 Å². The molecule has 1 N–H and O–H groups in total. The second-order valence-electron chi connectivity index (χ2n) is 11.2. The highest BCUT2D eigenvalue weighted by Gasteiger charge is 2.40. The summed E-state index contributed by atoms with van der Waals surface area (Å²) in [6.07, 6.45) is 3.15. The summed E-state index contributed by atoms with van der Waals surface area (Å²) in [4.78, 5) is 49.2. The Hall–Kier alpha value is -5.16. The SMILES string of the molecule is CCOc1ncc(-c2ccc3c(c2)c(C(C)=O)cn3CC(=O)N2C[C@H](F)C[C@H]2C(=O)Nc2cccc(-c3ccccc3Cl)c2F)cn1. The summed E-state index contributed by atoms with van der Waals surface area (Å²) in [5.41, 5.74) is 3.00. The van der Waals surface area contributed by atoms with Crippen LogP contribution < -0.4 is 10.1 Å². The molecule has 0 unspecified atom stereocenters. The summed E-state index contributed by atoms with van der Waals surface area (Å²) in [7, 11) is 0. The van der Waals surface area contributed by atoms with Gasteiger partial charge in [-0.25, -0.2) is 18.7 Å². The number of carbonyl (C=O) groups excluding carboxylic acids is 3. The largest absolute Gasteiger partial charge is 0.464 e. The molecule has 3 heterocycles. The first-order valence-corrected chi connectivity index (χ1v) is 15.4. The average molecular weight is 658 g/mol. The van der Waals surface area contributed by atoms with Gasteiger partial charge in [0.1, 0.15) is 18.8 Å². The van der Waals surface area contributed by atoms with Crippen molar-refractivity contribution >= 4 is 45.8 Å². The predicted octanol–water partition coefficient (Wildman–Crippen LogP) is 6.74. The third kappa shape index (κ3) is 6.44. The van der Waals surface area contributed by atoms with E-state index in [2.05, 4.69) is 15.3 Å². The van der Waals surface area contributed by atoms with Gasteiger partial charge in [-0.05, 0) is 43.7 Å². The Labute approximate surface area is 274 Å². The van der Waals surface area contributed by atoms with Crippen LogP contribution in [-0.4, -0.2) is 62.4 Å². The van der Waals surface area contributed by atoms with Crippen LogP contribution in [0.2, 0.25) is 5.02 Å². The number of benzene rings is 3. The maximum absolute atomic E-state index is 15.5. The lowest BCUT2D eigenvalue weighted by Crippen LogP contribution is -2.44. The number of hydrogen-bond acceptors (Lipinski definition) is 6. The molecule has 1 aliphatic heterocycles. The van der Waals surface area contributed by atoms with Crippen LogP contribution in [0.5, 0.6) is 6.01 Å². The molecule has 0 saturated carbocycles. The van der Waals surface area contributed by atoms with Gasteiger partial charge in [-0.3, -0.25) is 14.4 Å². The summed E-state index contributed by atoms with van der Waals surface area (Å²) in [5.74, 6) is -2.14. The third-order valence-corrected chi connectivity index (χ3v) is 8.42. The van der Waals surface area contributed by atoms with Crippen molar-refractivity contribution in [3.8, 4) is 28.3 Å². The molecule has 2 aromatic heterocycles. The van der Waals surface area contributed by atoms with Crippen LogP contribution in [0.15, 0.2) is 79.3 Å². The van der Waals surface area contributed by atoms with Crippen LogP contribution in [-0.2, 0) is 16.1 Å². The molecular weight excluding hydrogens is 628 g/mol. The van der Waals surface area contributed by atoms with Crippen LogP contribution in [0.4, 0.5) is 14.5 Å². The summed E-state index contributed by atoms with van der Waals surface area (Å²) in [6.45, 7) is 3.16. The normalized spacial score (nSPS) is 16.0. The van der Waals surface area contributed by atoms with Crippen molar-refractivity contribution in [2.45, 2.75) is 39.0 Å². The first kappa shape index (κ1) is 31.8. The smallest absolute Gasteiger partial charge is 0.316 e. The zero-order valence-corrected chi connectivity index (χ0v) is 26.3. The number of hydrogen-bond donors (Lipinski definition) is 1. The van der Waals surface area contributed by atoms with Crippen molar-refractivity contribution in [1.29, 1.82) is 0 Å². The maximum Gasteiger partial charge on any atom is 0.316 e. The minimum atomic E-state index is -1.44. The fourth-order valence-corrected chi connectivity index (χ4v) is 6.07. The molecule has 0 bridgehead atoms. The standard InChI is InChI=1S/C35H30ClF2N5O4/c1-3-47-35-39-15-22(16-40-35)21-11-12-30-26(13-21)27(20(2)44)18-42(30)19-32(45)43-17-23(37)14-31(43)34(46)41-29-10-6-8-25(33(29)38)24-7-4-5-9-28(24)36/h4-13,15-16,18,23,31H,3,14,17,19H2,1-2H3,(H,41,46)/t23-,31+/m1/s1. The Bertz CT molecular complexity index is 2000. The van der Waals surface area contributed by atoms with Gasteiger partial charge in [0.05, 0.1) is 18.8 Å². The highest BCUT2D eigenvalue weighted by molar-refractivity contribution is 6.33. The van der Waals surface area contributed by atoms with E-state index in [4.69, 9.17) is 16.3 Å². The van der Waals surface area contributed by atoms with Crippen molar-refractivity contribution in [2.75, 3.05) is 18.5 Å². The molecule has 2 amide bonds. The quantitative estimate of drug-likeness (QED) is 0.176. The van der Waals surface area contributed by atoms with Gasteiger partial charge in [0.2, 0.25) is 11.8 Å². The zero-order chi connectivity index (χ0) is 33.2. The van der Waals surface area contributed by atoms with Crippen LogP contribution in [0.1, 0.15) is 30.6 Å². The average Bonchev–Trinajstić information content (AvgIpc) is 3.63. The molecule has 0 spiro atoms. The van der Waals surface area contributed by atoms with E-state index in [0.29, 0.717) is 39.2 Å². The first-order chi connectivity index (χ1) is 22.6. The number of rotatable bonds is 9. The lowest BCUT2D eigenvalue weighted by Gasteiger charge is -2.24. The summed E-state index contributed by atoms with van der Waals surface area (Å²) < 4.78 is 37.2. The van der Waals surface area contributed by atoms with Gasteiger partial charge in [-0.15, -0.1) is 0 Å². The molecular formula is C35H30ClF2N5O4. The summed E-state index contributed by atoms with van der Waals surface area (Å²) >= 11 is 6.26. The maximum atomic E-state index is 15.5. The molecule has 1 aliphatic rings. The van der Waals surface area contributed by atoms with E-state index >= 15 is 4.39 Å². The van der Waals surface area contributed by atoms with Gasteiger partial charge >= 0.3 is 6.01 Å². The number of carbonyl (C=O) groups is 3. The lowest BCUT2D eigenvalue weighted by molar-refractivity contribution is -0.137. The minimum absolute atomic E-state index is 0.113. The van der Waals surface area contributed by atoms with Crippen molar-refractivity contribution in [3.63, 3.8) is 0 Å². The fraction of sp³-hybridized carbons (Fsp3) is 0.229. The number of aromatic nitrogens is 3. The molecule has 12 heteroatoms. The lowest BCUT2D eigenvalue weighted by atomic mass is 10.0. The molecule has 2 atom stereocenters. The third-order valence-electron chi connectivity index (χ3n) is 8.09. The van der Waals surface area contributed by atoms with Crippen LogP contribution in [0.25, 0.3) is 33.2 Å². The number of nitrogens with one attached hydrogen (secondary N) is 1. The highest BCUT2D eigenvalue weighted by Crippen LogP contribution is 2.34. The summed E-state index contributed by atoms with van der Waals surface area (Å²) in [5, 5.41) is 3.50. The molecule has 47 heavy (non-hydrogen) atoms. The van der Waals surface area contributed by atoms with Crippen molar-refractivity contribution in [1.82, 2.24) is 19.4 Å². The number of nitrogens with zero attached hydrogens (tertiary/aromatic N) is 4. The molecule has 3 aromatic carbocycles. The number of Topliss-reactive ketones (excluding diaryl/α,β-unsaturated/α-hetero) is 1. The van der Waals surface area contributed by atoms with Gasteiger partial charge in [-0.1, -0.05) is 48.0 Å². The Morgan fingerprint density at radius 1 is 1.02 bits per heavy atom. The Morgan fingerprint density at radius 3 is 2.49 bits per heavy atom. The van der Waals surface area contributed by atoms with E-state index in [0.717, 1.165) is 5.56 Å². The monoisotopic (exact) mass is 657 g/mol. The van der Waals surface area contributed by atoms with Crippen molar-refractivity contribution < 1.29 is 27.9 Å². The predicted molar refractivity (Wildman–Crippen MR) is 175 cm³/mol. The Kier molecular flexibility index (Phi) is 8.99. The van der Waals surface area contributed by atoms with Gasteiger partial charge in [-0.2, -0.15) is 0 Å². The molecule has 1 fully saturated rings. The minimum Gasteiger partial charge on any atom is -0.464 e. The van der Waals surface area contributed by atoms with Crippen LogP contribution in [0, 0.1) is 5.82 Å². The van der Waals surface area contributed by atoms with E-state index in [1.165, 1.54) is 17.9 Å². The molecule has 1 saturated heterocycles. The summed E-state index contributed by atoms with van der Waals surface area (Å²) in [6, 6.07) is 15.8. The van der Waals surface area contributed by atoms with E-state index in [1.807, 2.05) is 19.1 Å². The first-order valence-electron chi connectivity index (χ1n) is 15.0. The van der Waals surface area contributed by atoms with E-state index in [9.17, 15) is 18.8 Å². The van der Waals surface area contributed by atoms with Crippen LogP contribution in [0.3, 0.4) is 0 Å². The second-order valence-corrected chi connectivity index (χ2v) is 11.6. The zero-order valence-electron chi connectivity index (χ0n) is 25.5. The Morgan fingerprint density at radius 2 is 1.77 bits per heavy atom. The van der Waals surface area contributed by atoms with Crippen LogP contribution >= 0.6 is 11.6 Å². The number of likely N-dealkylation sites (tertiary alicyclic amines) is 1. The highest BCUT2D eigenvalue weighted by atomic mass is 35.5. The molecule has 0 aliphatic carbocycles. The number of alkyl halides is 1. The van der Waals surface area contributed by atoms with E-state index < -0.39 is 29.8 Å².